The Hall–Kier alpha value is -2.14. The quantitative estimate of drug-likeness (QED) is 0.932. The summed E-state index contributed by atoms with van der Waals surface area (Å²) in [6.07, 6.45) is 4.59. The van der Waals surface area contributed by atoms with E-state index in [1.807, 2.05) is 18.2 Å². The van der Waals surface area contributed by atoms with Crippen LogP contribution in [0, 0.1) is 0 Å². The minimum absolute atomic E-state index is 0.0250. The molecule has 1 fully saturated rings. The van der Waals surface area contributed by atoms with E-state index in [1.165, 1.54) is 18.4 Å². The van der Waals surface area contributed by atoms with Gasteiger partial charge in [0.1, 0.15) is 5.84 Å². The number of nitrogens with one attached hydrogen (secondary N) is 1. The van der Waals surface area contributed by atoms with Gasteiger partial charge in [-0.25, -0.2) is 8.42 Å². The number of amidine groups is 1. The number of hydrogen-bond donors (Lipinski definition) is 1. The zero-order valence-electron chi connectivity index (χ0n) is 13.4. The number of fused-ring (bicyclic) bond motifs is 1. The van der Waals surface area contributed by atoms with Crippen LogP contribution in [-0.2, 0) is 15.4 Å². The van der Waals surface area contributed by atoms with Gasteiger partial charge in [-0.3, -0.25) is 9.71 Å². The van der Waals surface area contributed by atoms with Gasteiger partial charge < -0.3 is 0 Å². The zero-order chi connectivity index (χ0) is 16.6. The van der Waals surface area contributed by atoms with E-state index in [0.29, 0.717) is 22.8 Å². The van der Waals surface area contributed by atoms with Gasteiger partial charge in [-0.05, 0) is 30.5 Å². The molecule has 4 nitrogen and oxygen atoms in total. The van der Waals surface area contributed by atoms with Crippen molar-refractivity contribution in [1.29, 1.82) is 0 Å². The van der Waals surface area contributed by atoms with Gasteiger partial charge in [-0.15, -0.1) is 0 Å². The van der Waals surface area contributed by atoms with Crippen LogP contribution in [0.1, 0.15) is 36.8 Å². The van der Waals surface area contributed by atoms with Crippen molar-refractivity contribution < 1.29 is 8.42 Å². The second kappa shape index (κ2) is 5.74. The van der Waals surface area contributed by atoms with Gasteiger partial charge >= 0.3 is 0 Å². The van der Waals surface area contributed by atoms with Crippen molar-refractivity contribution in [3.8, 4) is 0 Å². The third kappa shape index (κ3) is 2.53. The van der Waals surface area contributed by atoms with Gasteiger partial charge in [0.05, 0.1) is 11.4 Å². The summed E-state index contributed by atoms with van der Waals surface area (Å²) in [7, 11) is -3.47. The molecule has 0 amide bonds. The molecule has 0 atom stereocenters. The van der Waals surface area contributed by atoms with Crippen molar-refractivity contribution in [3.63, 3.8) is 0 Å². The van der Waals surface area contributed by atoms with Crippen molar-refractivity contribution in [3.05, 3.63) is 65.7 Å². The van der Waals surface area contributed by atoms with Gasteiger partial charge in [0.25, 0.3) is 10.0 Å². The van der Waals surface area contributed by atoms with E-state index in [1.54, 1.807) is 12.1 Å². The fourth-order valence-electron chi connectivity index (χ4n) is 3.86. The van der Waals surface area contributed by atoms with E-state index in [2.05, 4.69) is 29.0 Å². The van der Waals surface area contributed by atoms with Crippen LogP contribution >= 0.6 is 0 Å². The molecule has 1 saturated carbocycles. The summed E-state index contributed by atoms with van der Waals surface area (Å²) in [4.78, 5) is 5.04. The van der Waals surface area contributed by atoms with Gasteiger partial charge in [-0.1, -0.05) is 55.3 Å². The molecule has 0 radical (unpaired) electrons. The molecule has 1 heterocycles. The number of benzene rings is 2. The van der Waals surface area contributed by atoms with Crippen LogP contribution in [0.15, 0.2) is 64.5 Å². The predicted octanol–water partition coefficient (Wildman–Crippen LogP) is 3.24. The summed E-state index contributed by atoms with van der Waals surface area (Å²) in [6.45, 7) is 0.614. The SMILES string of the molecule is O=S1(=O)NC(=NCC2(c3ccccc3)CCCC2)c2ccccc21. The highest BCUT2D eigenvalue weighted by Crippen LogP contribution is 2.41. The molecule has 0 unspecified atom stereocenters. The Kier molecular flexibility index (Phi) is 3.68. The third-order valence-corrected chi connectivity index (χ3v) is 6.55. The minimum Gasteiger partial charge on any atom is -0.266 e. The molecule has 5 heteroatoms. The lowest BCUT2D eigenvalue weighted by atomic mass is 9.79. The van der Waals surface area contributed by atoms with Crippen molar-refractivity contribution in [1.82, 2.24) is 4.72 Å². The monoisotopic (exact) mass is 340 g/mol. The molecule has 2 aromatic rings. The van der Waals surface area contributed by atoms with Crippen LogP contribution in [0.2, 0.25) is 0 Å². The molecule has 1 N–H and O–H groups in total. The van der Waals surface area contributed by atoms with Crippen LogP contribution in [0.4, 0.5) is 0 Å². The highest BCUT2D eigenvalue weighted by molar-refractivity contribution is 7.90. The molecule has 24 heavy (non-hydrogen) atoms. The lowest BCUT2D eigenvalue weighted by Gasteiger charge is -2.28. The molecular formula is C19H20N2O2S. The van der Waals surface area contributed by atoms with Crippen LogP contribution < -0.4 is 4.72 Å². The van der Waals surface area contributed by atoms with Gasteiger partial charge in [0.15, 0.2) is 0 Å². The molecule has 0 saturated heterocycles. The van der Waals surface area contributed by atoms with E-state index in [4.69, 9.17) is 4.99 Å². The highest BCUT2D eigenvalue weighted by Gasteiger charge is 2.36. The van der Waals surface area contributed by atoms with E-state index < -0.39 is 10.0 Å². The number of nitrogens with zero attached hydrogens (tertiary/aromatic N) is 1. The maximum atomic E-state index is 12.2. The van der Waals surface area contributed by atoms with Crippen LogP contribution in [0.5, 0.6) is 0 Å². The number of sulfonamides is 1. The first-order chi connectivity index (χ1) is 11.6. The number of rotatable bonds is 3. The maximum Gasteiger partial charge on any atom is 0.263 e. The fourth-order valence-corrected chi connectivity index (χ4v) is 5.11. The van der Waals surface area contributed by atoms with E-state index >= 15 is 0 Å². The molecule has 2 aliphatic rings. The predicted molar refractivity (Wildman–Crippen MR) is 94.8 cm³/mol. The molecule has 0 bridgehead atoms. The first-order valence-corrected chi connectivity index (χ1v) is 9.81. The van der Waals surface area contributed by atoms with Gasteiger partial charge in [0.2, 0.25) is 0 Å². The summed E-state index contributed by atoms with van der Waals surface area (Å²) in [5.41, 5.74) is 2.01. The molecule has 1 aliphatic carbocycles. The maximum absolute atomic E-state index is 12.2. The largest absolute Gasteiger partial charge is 0.266 e. The standard InChI is InChI=1S/C19H20N2O2S/c22-24(23)17-11-5-4-10-16(17)18(21-24)20-14-19(12-6-7-13-19)15-8-2-1-3-9-15/h1-5,8-11H,6-7,12-14H2,(H,20,21). The van der Waals surface area contributed by atoms with Crippen molar-refractivity contribution in [2.75, 3.05) is 6.54 Å². The molecule has 1 aliphatic heterocycles. The van der Waals surface area contributed by atoms with E-state index in [-0.39, 0.29) is 5.41 Å². The fraction of sp³-hybridized carbons (Fsp3) is 0.316. The first kappa shape index (κ1) is 15.4. The smallest absolute Gasteiger partial charge is 0.263 e. The summed E-state index contributed by atoms with van der Waals surface area (Å²) in [6, 6.07) is 17.5. The van der Waals surface area contributed by atoms with Crippen molar-refractivity contribution in [2.24, 2.45) is 4.99 Å². The number of aliphatic imine (C=N–C) groups is 1. The van der Waals surface area contributed by atoms with Crippen molar-refractivity contribution >= 4 is 15.9 Å². The third-order valence-electron chi connectivity index (χ3n) is 5.15. The summed E-state index contributed by atoms with van der Waals surface area (Å²) >= 11 is 0. The van der Waals surface area contributed by atoms with Gasteiger partial charge in [0, 0.05) is 11.0 Å². The molecule has 0 spiro atoms. The second-order valence-electron chi connectivity index (χ2n) is 6.62. The Balaban J connectivity index is 1.70. The minimum atomic E-state index is -3.47. The van der Waals surface area contributed by atoms with Crippen molar-refractivity contribution in [2.45, 2.75) is 36.0 Å². The van der Waals surface area contributed by atoms with Crippen LogP contribution in [0.25, 0.3) is 0 Å². The van der Waals surface area contributed by atoms with E-state index in [0.717, 1.165) is 12.8 Å². The summed E-state index contributed by atoms with van der Waals surface area (Å²) in [5, 5.41) is 0. The Morgan fingerprint density at radius 1 is 0.958 bits per heavy atom. The van der Waals surface area contributed by atoms with Crippen LogP contribution in [0.3, 0.4) is 0 Å². The van der Waals surface area contributed by atoms with Gasteiger partial charge in [-0.2, -0.15) is 0 Å². The Morgan fingerprint density at radius 3 is 2.38 bits per heavy atom. The Morgan fingerprint density at radius 2 is 1.62 bits per heavy atom. The normalized spacial score (nSPS) is 22.2. The average molecular weight is 340 g/mol. The van der Waals surface area contributed by atoms with E-state index in [9.17, 15) is 8.42 Å². The summed E-state index contributed by atoms with van der Waals surface area (Å²) < 4.78 is 27.0. The molecule has 2 aromatic carbocycles. The Bertz CT molecular complexity index is 883. The lowest BCUT2D eigenvalue weighted by Crippen LogP contribution is -2.29. The van der Waals surface area contributed by atoms with Crippen LogP contribution in [-0.4, -0.2) is 20.8 Å². The zero-order valence-corrected chi connectivity index (χ0v) is 14.2. The lowest BCUT2D eigenvalue weighted by molar-refractivity contribution is 0.454. The topological polar surface area (TPSA) is 58.5 Å². The average Bonchev–Trinajstić information content (AvgIpc) is 3.18. The highest BCUT2D eigenvalue weighted by atomic mass is 32.2. The number of hydrogen-bond acceptors (Lipinski definition) is 3. The molecular weight excluding hydrogens is 320 g/mol. The molecule has 124 valence electrons. The Labute approximate surface area is 142 Å². The molecule has 0 aromatic heterocycles. The summed E-state index contributed by atoms with van der Waals surface area (Å²) in [5.74, 6) is 0.479. The second-order valence-corrected chi connectivity index (χ2v) is 8.27. The first-order valence-electron chi connectivity index (χ1n) is 8.33. The molecule has 4 rings (SSSR count).